The van der Waals surface area contributed by atoms with Crippen LogP contribution in [0.5, 0.6) is 0 Å². The Kier molecular flexibility index (Phi) is 3.85. The molecule has 1 saturated carbocycles. The zero-order valence-electron chi connectivity index (χ0n) is 9.81. The van der Waals surface area contributed by atoms with Crippen LogP contribution in [0.3, 0.4) is 0 Å². The summed E-state index contributed by atoms with van der Waals surface area (Å²) in [5, 5.41) is 3.63. The number of hydrogen-bond acceptors (Lipinski definition) is 2. The molecule has 2 atom stereocenters. The van der Waals surface area contributed by atoms with E-state index in [1.165, 1.54) is 19.6 Å². The topological polar surface area (TPSA) is 12.0 Å². The number of halogens is 2. The van der Waals surface area contributed by atoms with Gasteiger partial charge in [0.15, 0.2) is 0 Å². The van der Waals surface area contributed by atoms with E-state index in [9.17, 15) is 0 Å². The molecule has 0 radical (unpaired) electrons. The molecule has 0 aromatic carbocycles. The molecule has 1 fully saturated rings. The van der Waals surface area contributed by atoms with E-state index in [1.54, 1.807) is 11.3 Å². The van der Waals surface area contributed by atoms with Gasteiger partial charge in [0.2, 0.25) is 0 Å². The van der Waals surface area contributed by atoms with E-state index in [4.69, 9.17) is 0 Å². The van der Waals surface area contributed by atoms with Gasteiger partial charge < -0.3 is 5.32 Å². The summed E-state index contributed by atoms with van der Waals surface area (Å²) in [7, 11) is 0. The first-order valence-corrected chi connectivity index (χ1v) is 8.04. The minimum atomic E-state index is 0.497. The fourth-order valence-corrected chi connectivity index (χ4v) is 5.26. The summed E-state index contributed by atoms with van der Waals surface area (Å²) in [6, 6.07) is 2.74. The third-order valence-corrected chi connectivity index (χ3v) is 5.82. The molecule has 2 rings (SSSR count). The van der Waals surface area contributed by atoms with Crippen molar-refractivity contribution in [3.05, 3.63) is 19.2 Å². The molecule has 0 amide bonds. The third kappa shape index (κ3) is 2.55. The lowest BCUT2D eigenvalue weighted by Crippen LogP contribution is -2.24. The molecule has 0 aliphatic heterocycles. The minimum absolute atomic E-state index is 0.497. The van der Waals surface area contributed by atoms with E-state index in [1.807, 2.05) is 0 Å². The maximum absolute atomic E-state index is 3.67. The van der Waals surface area contributed by atoms with Gasteiger partial charge in [0.05, 0.1) is 7.57 Å². The van der Waals surface area contributed by atoms with Crippen LogP contribution in [0.15, 0.2) is 13.6 Å². The molecule has 2 unspecified atom stereocenters. The Morgan fingerprint density at radius 1 is 1.56 bits per heavy atom. The van der Waals surface area contributed by atoms with Crippen LogP contribution in [0.4, 0.5) is 0 Å². The molecule has 1 N–H and O–H groups in total. The average Bonchev–Trinajstić information content (AvgIpc) is 2.66. The molecule has 0 spiro atoms. The molecule has 1 heterocycles. The molecule has 0 saturated heterocycles. The highest BCUT2D eigenvalue weighted by Crippen LogP contribution is 2.59. The summed E-state index contributed by atoms with van der Waals surface area (Å²) in [5.41, 5.74) is 1.91. The van der Waals surface area contributed by atoms with Gasteiger partial charge in [-0.05, 0) is 67.8 Å². The lowest BCUT2D eigenvalue weighted by molar-refractivity contribution is 0.423. The van der Waals surface area contributed by atoms with Gasteiger partial charge in [0.25, 0.3) is 0 Å². The molecule has 1 aliphatic rings. The molecule has 1 aromatic heterocycles. The molecule has 90 valence electrons. The lowest BCUT2D eigenvalue weighted by atomic mass is 9.99. The fourth-order valence-electron chi connectivity index (χ4n) is 2.33. The van der Waals surface area contributed by atoms with Gasteiger partial charge in [-0.1, -0.05) is 20.8 Å². The minimum Gasteiger partial charge on any atom is -0.310 e. The van der Waals surface area contributed by atoms with Gasteiger partial charge in [-0.2, -0.15) is 0 Å². The summed E-state index contributed by atoms with van der Waals surface area (Å²) in [6.07, 6.45) is 1.32. The molecule has 1 nitrogen and oxygen atoms in total. The Morgan fingerprint density at radius 3 is 2.56 bits per heavy atom. The zero-order valence-corrected chi connectivity index (χ0v) is 13.8. The highest BCUT2D eigenvalue weighted by Gasteiger charge is 2.50. The number of hydrogen-bond donors (Lipinski definition) is 1. The number of nitrogens with one attached hydrogen (secondary N) is 1. The molecular weight excluding hydrogens is 350 g/mol. The van der Waals surface area contributed by atoms with E-state index >= 15 is 0 Å². The molecule has 16 heavy (non-hydrogen) atoms. The highest BCUT2D eigenvalue weighted by atomic mass is 79.9. The maximum atomic E-state index is 3.67. The first-order valence-electron chi connectivity index (χ1n) is 5.64. The van der Waals surface area contributed by atoms with E-state index in [0.717, 1.165) is 12.5 Å². The molecular formula is C12H17Br2NS. The van der Waals surface area contributed by atoms with Gasteiger partial charge in [0, 0.05) is 6.04 Å². The van der Waals surface area contributed by atoms with Crippen molar-refractivity contribution in [2.75, 3.05) is 6.54 Å². The van der Waals surface area contributed by atoms with Crippen LogP contribution >= 0.6 is 43.2 Å². The normalized spacial score (nSPS) is 24.4. The standard InChI is InChI=1S/C12H17Br2NS/c1-4-15-10(8-6-12(8,2)3)7-5-9(13)16-11(7)14/h5,8,10,15H,4,6H2,1-3H3. The zero-order chi connectivity index (χ0) is 11.9. The van der Waals surface area contributed by atoms with Gasteiger partial charge in [-0.3, -0.25) is 0 Å². The predicted octanol–water partition coefficient (Wildman–Crippen LogP) is 4.97. The van der Waals surface area contributed by atoms with E-state index in [2.05, 4.69) is 64.0 Å². The van der Waals surface area contributed by atoms with Crippen molar-refractivity contribution in [3.63, 3.8) is 0 Å². The van der Waals surface area contributed by atoms with Gasteiger partial charge in [-0.25, -0.2) is 0 Å². The van der Waals surface area contributed by atoms with E-state index in [0.29, 0.717) is 11.5 Å². The van der Waals surface area contributed by atoms with Crippen molar-refractivity contribution in [1.29, 1.82) is 0 Å². The Balaban J connectivity index is 2.23. The van der Waals surface area contributed by atoms with Crippen LogP contribution in [-0.4, -0.2) is 6.54 Å². The van der Waals surface area contributed by atoms with E-state index in [-0.39, 0.29) is 0 Å². The Bertz CT molecular complexity index is 386. The monoisotopic (exact) mass is 365 g/mol. The summed E-state index contributed by atoms with van der Waals surface area (Å²) < 4.78 is 2.46. The third-order valence-electron chi connectivity index (χ3n) is 3.43. The van der Waals surface area contributed by atoms with Crippen molar-refractivity contribution in [1.82, 2.24) is 5.32 Å². The van der Waals surface area contributed by atoms with Crippen molar-refractivity contribution >= 4 is 43.2 Å². The quantitative estimate of drug-likeness (QED) is 0.793. The van der Waals surface area contributed by atoms with Crippen molar-refractivity contribution < 1.29 is 0 Å². The van der Waals surface area contributed by atoms with Gasteiger partial charge >= 0.3 is 0 Å². The second-order valence-corrected chi connectivity index (χ2v) is 8.86. The van der Waals surface area contributed by atoms with Crippen LogP contribution in [0.1, 0.15) is 38.8 Å². The predicted molar refractivity (Wildman–Crippen MR) is 78.0 cm³/mol. The van der Waals surface area contributed by atoms with Crippen molar-refractivity contribution in [3.8, 4) is 0 Å². The van der Waals surface area contributed by atoms with Crippen LogP contribution < -0.4 is 5.32 Å². The second-order valence-electron chi connectivity index (χ2n) is 5.11. The van der Waals surface area contributed by atoms with Crippen LogP contribution in [0.25, 0.3) is 0 Å². The fraction of sp³-hybridized carbons (Fsp3) is 0.667. The van der Waals surface area contributed by atoms with E-state index < -0.39 is 0 Å². The molecule has 1 aliphatic carbocycles. The second kappa shape index (κ2) is 4.71. The van der Waals surface area contributed by atoms with Crippen molar-refractivity contribution in [2.24, 2.45) is 11.3 Å². The van der Waals surface area contributed by atoms with Crippen LogP contribution in [-0.2, 0) is 0 Å². The summed E-state index contributed by atoms with van der Waals surface area (Å²) >= 11 is 8.99. The first kappa shape index (κ1) is 13.1. The Hall–Kier alpha value is 0.620. The van der Waals surface area contributed by atoms with Crippen LogP contribution in [0, 0.1) is 11.3 Å². The summed E-state index contributed by atoms with van der Waals surface area (Å²) in [6.45, 7) is 7.92. The smallest absolute Gasteiger partial charge is 0.0758 e. The Labute approximate surface area is 118 Å². The highest BCUT2D eigenvalue weighted by molar-refractivity contribution is 9.12. The number of thiophene rings is 1. The molecule has 1 aromatic rings. The molecule has 4 heteroatoms. The first-order chi connectivity index (χ1) is 7.45. The van der Waals surface area contributed by atoms with Crippen LogP contribution in [0.2, 0.25) is 0 Å². The summed E-state index contributed by atoms with van der Waals surface area (Å²) in [5.74, 6) is 0.769. The molecule has 0 bridgehead atoms. The summed E-state index contributed by atoms with van der Waals surface area (Å²) in [4.78, 5) is 0. The lowest BCUT2D eigenvalue weighted by Gasteiger charge is -2.19. The Morgan fingerprint density at radius 2 is 2.19 bits per heavy atom. The largest absolute Gasteiger partial charge is 0.310 e. The SMILES string of the molecule is CCNC(c1cc(Br)sc1Br)C1CC1(C)C. The number of rotatable bonds is 4. The van der Waals surface area contributed by atoms with Gasteiger partial charge in [0.1, 0.15) is 0 Å². The van der Waals surface area contributed by atoms with Gasteiger partial charge in [-0.15, -0.1) is 11.3 Å². The maximum Gasteiger partial charge on any atom is 0.0758 e. The van der Waals surface area contributed by atoms with Crippen molar-refractivity contribution in [2.45, 2.75) is 33.2 Å². The average molecular weight is 367 g/mol.